The van der Waals surface area contributed by atoms with Crippen molar-refractivity contribution >= 4 is 17.5 Å². The van der Waals surface area contributed by atoms with Crippen LogP contribution in [0.5, 0.6) is 5.75 Å². The number of carbonyl (C=O) groups is 1. The smallest absolute Gasteiger partial charge is 0.274 e. The lowest BCUT2D eigenvalue weighted by Gasteiger charge is -2.08. The van der Waals surface area contributed by atoms with Crippen molar-refractivity contribution < 1.29 is 13.9 Å². The number of carbonyl (C=O) groups excluding carboxylic acids is 1. The molecular weight excluding hydrogens is 335 g/mol. The number of nitrogens with one attached hydrogen (secondary N) is 2. The van der Waals surface area contributed by atoms with Gasteiger partial charge in [0.2, 0.25) is 5.95 Å². The highest BCUT2D eigenvalue weighted by Crippen LogP contribution is 2.13. The van der Waals surface area contributed by atoms with E-state index in [2.05, 4.69) is 20.6 Å². The summed E-state index contributed by atoms with van der Waals surface area (Å²) in [6.07, 6.45) is 1.49. The van der Waals surface area contributed by atoms with Crippen molar-refractivity contribution in [3.63, 3.8) is 0 Å². The van der Waals surface area contributed by atoms with Crippen molar-refractivity contribution in [2.75, 3.05) is 17.7 Å². The van der Waals surface area contributed by atoms with Crippen LogP contribution in [0.25, 0.3) is 0 Å². The van der Waals surface area contributed by atoms with Crippen molar-refractivity contribution in [1.29, 1.82) is 0 Å². The summed E-state index contributed by atoms with van der Waals surface area (Å²) in [6.45, 7) is 0.499. The highest BCUT2D eigenvalue weighted by molar-refractivity contribution is 6.02. The van der Waals surface area contributed by atoms with Gasteiger partial charge in [0.1, 0.15) is 17.3 Å². The summed E-state index contributed by atoms with van der Waals surface area (Å²) in [4.78, 5) is 20.5. The van der Waals surface area contributed by atoms with Gasteiger partial charge in [-0.25, -0.2) is 14.4 Å². The minimum absolute atomic E-state index is 0.182. The molecule has 0 atom stereocenters. The van der Waals surface area contributed by atoms with E-state index in [4.69, 9.17) is 4.74 Å². The Hall–Kier alpha value is -3.48. The van der Waals surface area contributed by atoms with Gasteiger partial charge in [-0.2, -0.15) is 0 Å². The van der Waals surface area contributed by atoms with Crippen LogP contribution in [0.3, 0.4) is 0 Å². The van der Waals surface area contributed by atoms with Crippen LogP contribution in [0.2, 0.25) is 0 Å². The molecule has 2 N–H and O–H groups in total. The maximum atomic E-state index is 13.2. The van der Waals surface area contributed by atoms with Crippen LogP contribution in [0, 0.1) is 5.82 Å². The number of ether oxygens (including phenoxy) is 1. The van der Waals surface area contributed by atoms with E-state index in [1.54, 1.807) is 13.2 Å². The van der Waals surface area contributed by atoms with Crippen LogP contribution in [-0.4, -0.2) is 23.0 Å². The maximum absolute atomic E-state index is 13.2. The number of halogens is 1. The van der Waals surface area contributed by atoms with Crippen LogP contribution in [0.4, 0.5) is 16.0 Å². The largest absolute Gasteiger partial charge is 0.497 e. The minimum Gasteiger partial charge on any atom is -0.497 e. The van der Waals surface area contributed by atoms with Gasteiger partial charge in [0, 0.05) is 18.4 Å². The zero-order chi connectivity index (χ0) is 18.4. The molecule has 26 heavy (non-hydrogen) atoms. The summed E-state index contributed by atoms with van der Waals surface area (Å²) in [5.41, 5.74) is 1.56. The normalized spacial score (nSPS) is 10.2. The van der Waals surface area contributed by atoms with Crippen LogP contribution in [0.15, 0.2) is 60.8 Å². The summed E-state index contributed by atoms with van der Waals surface area (Å²) in [7, 11) is 1.61. The van der Waals surface area contributed by atoms with Crippen molar-refractivity contribution in [2.45, 2.75) is 6.54 Å². The van der Waals surface area contributed by atoms with Crippen LogP contribution >= 0.6 is 0 Å². The number of aromatic nitrogens is 2. The second kappa shape index (κ2) is 8.06. The zero-order valence-electron chi connectivity index (χ0n) is 14.1. The molecule has 6 nitrogen and oxygen atoms in total. The van der Waals surface area contributed by atoms with Crippen molar-refractivity contribution in [3.05, 3.63) is 77.9 Å². The molecule has 0 aliphatic carbocycles. The number of amides is 1. The first-order valence-corrected chi connectivity index (χ1v) is 7.91. The zero-order valence-corrected chi connectivity index (χ0v) is 14.1. The molecular formula is C19H17FN4O2. The van der Waals surface area contributed by atoms with Gasteiger partial charge >= 0.3 is 0 Å². The summed E-state index contributed by atoms with van der Waals surface area (Å²) < 4.78 is 18.3. The Morgan fingerprint density at radius 1 is 1.15 bits per heavy atom. The molecule has 3 aromatic rings. The van der Waals surface area contributed by atoms with Crippen molar-refractivity contribution in [2.24, 2.45) is 0 Å². The number of methoxy groups -OCH3 is 1. The third-order valence-electron chi connectivity index (χ3n) is 3.58. The predicted octanol–water partition coefficient (Wildman–Crippen LogP) is 3.49. The van der Waals surface area contributed by atoms with Crippen molar-refractivity contribution in [1.82, 2.24) is 9.97 Å². The molecule has 1 heterocycles. The Morgan fingerprint density at radius 3 is 2.69 bits per heavy atom. The molecule has 0 radical (unpaired) electrons. The first-order valence-electron chi connectivity index (χ1n) is 7.91. The van der Waals surface area contributed by atoms with Gasteiger partial charge in [-0.3, -0.25) is 4.79 Å². The average molecular weight is 352 g/mol. The highest BCUT2D eigenvalue weighted by atomic mass is 19.1. The van der Waals surface area contributed by atoms with Gasteiger partial charge in [0.15, 0.2) is 0 Å². The van der Waals surface area contributed by atoms with Crippen molar-refractivity contribution in [3.8, 4) is 5.75 Å². The Labute approximate surface area is 150 Å². The molecule has 0 aliphatic rings. The molecule has 0 fully saturated rings. The fourth-order valence-corrected chi connectivity index (χ4v) is 2.26. The molecule has 0 saturated heterocycles. The number of rotatable bonds is 6. The fraction of sp³-hybridized carbons (Fsp3) is 0.105. The standard InChI is InChI=1S/C19H17FN4O2/c1-26-16-7-5-13(6-8-16)12-22-19-21-10-9-17(24-19)18(25)23-15-4-2-3-14(20)11-15/h2-11H,12H2,1H3,(H,23,25)(H,21,22,24). The maximum Gasteiger partial charge on any atom is 0.274 e. The van der Waals surface area contributed by atoms with Crippen LogP contribution < -0.4 is 15.4 Å². The lowest BCUT2D eigenvalue weighted by molar-refractivity contribution is 0.102. The highest BCUT2D eigenvalue weighted by Gasteiger charge is 2.09. The number of benzene rings is 2. The minimum atomic E-state index is -0.439. The number of hydrogen-bond acceptors (Lipinski definition) is 5. The van der Waals surface area contributed by atoms with E-state index in [9.17, 15) is 9.18 Å². The van der Waals surface area contributed by atoms with Gasteiger partial charge in [0.05, 0.1) is 7.11 Å². The van der Waals surface area contributed by atoms with E-state index in [-0.39, 0.29) is 5.69 Å². The molecule has 132 valence electrons. The molecule has 0 spiro atoms. The topological polar surface area (TPSA) is 76.1 Å². The van der Waals surface area contributed by atoms with E-state index in [1.165, 1.54) is 30.5 Å². The van der Waals surface area contributed by atoms with Gasteiger partial charge in [-0.1, -0.05) is 18.2 Å². The SMILES string of the molecule is COc1ccc(CNc2nccc(C(=O)Nc3cccc(F)c3)n2)cc1. The van der Waals surface area contributed by atoms with Crippen LogP contribution in [-0.2, 0) is 6.54 Å². The number of anilines is 2. The first kappa shape index (κ1) is 17.3. The molecule has 0 unspecified atom stereocenters. The third-order valence-corrected chi connectivity index (χ3v) is 3.58. The number of hydrogen-bond donors (Lipinski definition) is 2. The average Bonchev–Trinajstić information content (AvgIpc) is 2.67. The summed E-state index contributed by atoms with van der Waals surface area (Å²) >= 11 is 0. The quantitative estimate of drug-likeness (QED) is 0.710. The predicted molar refractivity (Wildman–Crippen MR) is 96.7 cm³/mol. The Morgan fingerprint density at radius 2 is 1.96 bits per heavy atom. The molecule has 7 heteroatoms. The summed E-state index contributed by atoms with van der Waals surface area (Å²) in [5.74, 6) is 0.242. The Kier molecular flexibility index (Phi) is 5.38. The second-order valence-electron chi connectivity index (χ2n) is 5.43. The van der Waals surface area contributed by atoms with Gasteiger partial charge in [-0.05, 0) is 42.0 Å². The van der Waals surface area contributed by atoms with Gasteiger partial charge < -0.3 is 15.4 Å². The second-order valence-corrected chi connectivity index (χ2v) is 5.43. The first-order chi connectivity index (χ1) is 12.6. The molecule has 0 saturated carbocycles. The van der Waals surface area contributed by atoms with E-state index in [0.717, 1.165) is 11.3 Å². The fourth-order valence-electron chi connectivity index (χ4n) is 2.26. The lowest BCUT2D eigenvalue weighted by atomic mass is 10.2. The Balaban J connectivity index is 1.64. The van der Waals surface area contributed by atoms with E-state index < -0.39 is 11.7 Å². The third kappa shape index (κ3) is 4.54. The van der Waals surface area contributed by atoms with Crippen LogP contribution in [0.1, 0.15) is 16.1 Å². The monoisotopic (exact) mass is 352 g/mol. The molecule has 3 rings (SSSR count). The molecule has 0 aliphatic heterocycles. The number of nitrogens with zero attached hydrogens (tertiary/aromatic N) is 2. The Bertz CT molecular complexity index is 900. The van der Waals surface area contributed by atoms with E-state index >= 15 is 0 Å². The van der Waals surface area contributed by atoms with Gasteiger partial charge in [-0.15, -0.1) is 0 Å². The van der Waals surface area contributed by atoms with Gasteiger partial charge in [0.25, 0.3) is 5.91 Å². The molecule has 1 aromatic heterocycles. The molecule has 2 aromatic carbocycles. The van der Waals surface area contributed by atoms with E-state index in [1.807, 2.05) is 24.3 Å². The lowest BCUT2D eigenvalue weighted by Crippen LogP contribution is -2.15. The summed E-state index contributed by atoms with van der Waals surface area (Å²) in [5, 5.41) is 5.67. The molecule has 1 amide bonds. The van der Waals surface area contributed by atoms with E-state index in [0.29, 0.717) is 18.2 Å². The molecule has 0 bridgehead atoms. The summed E-state index contributed by atoms with van der Waals surface area (Å²) in [6, 6.07) is 14.7.